The molecule has 5 nitrogen and oxygen atoms in total. The number of nitrogens with zero attached hydrogens (tertiary/aromatic N) is 1. The number of carbonyl (C=O) groups is 1. The summed E-state index contributed by atoms with van der Waals surface area (Å²) in [5.74, 6) is -0.157. The number of nitrogens with one attached hydrogen (secondary N) is 1. The summed E-state index contributed by atoms with van der Waals surface area (Å²) < 4.78 is 26.8. The van der Waals surface area contributed by atoms with Gasteiger partial charge in [0.05, 0.1) is 11.4 Å². The van der Waals surface area contributed by atoms with Gasteiger partial charge in [-0.2, -0.15) is 0 Å². The molecule has 0 bridgehead atoms. The minimum absolute atomic E-state index is 0.157. The molecule has 1 aromatic rings. The first-order valence-corrected chi connectivity index (χ1v) is 9.17. The van der Waals surface area contributed by atoms with Gasteiger partial charge in [-0.25, -0.2) is 13.1 Å². The van der Waals surface area contributed by atoms with E-state index in [9.17, 15) is 13.2 Å². The lowest BCUT2D eigenvalue weighted by Gasteiger charge is -2.39. The van der Waals surface area contributed by atoms with Crippen LogP contribution in [0.2, 0.25) is 0 Å². The molecule has 2 atom stereocenters. The zero-order valence-corrected chi connectivity index (χ0v) is 14.2. The third-order valence-electron chi connectivity index (χ3n) is 4.23. The van der Waals surface area contributed by atoms with Crippen LogP contribution in [0.5, 0.6) is 0 Å². The number of sulfonamides is 1. The number of likely N-dealkylation sites (tertiary alicyclic amines) is 1. The van der Waals surface area contributed by atoms with E-state index in [1.165, 1.54) is 0 Å². The minimum Gasteiger partial charge on any atom is -0.336 e. The maximum absolute atomic E-state index is 12.4. The van der Waals surface area contributed by atoms with Gasteiger partial charge < -0.3 is 4.90 Å². The van der Waals surface area contributed by atoms with Crippen molar-refractivity contribution in [3.8, 4) is 0 Å². The van der Waals surface area contributed by atoms with Crippen molar-refractivity contribution in [2.75, 3.05) is 6.54 Å². The van der Waals surface area contributed by atoms with Gasteiger partial charge in [0, 0.05) is 12.1 Å². The highest BCUT2D eigenvalue weighted by Crippen LogP contribution is 2.22. The molecule has 0 aromatic heterocycles. The fraction of sp³-hybridized carbons (Fsp3) is 0.562. The number of aryl methyl sites for hydroxylation is 1. The van der Waals surface area contributed by atoms with Crippen molar-refractivity contribution < 1.29 is 13.2 Å². The lowest BCUT2D eigenvalue weighted by Crippen LogP contribution is -2.51. The average molecular weight is 324 g/mol. The van der Waals surface area contributed by atoms with Crippen LogP contribution in [-0.4, -0.2) is 37.9 Å². The number of benzene rings is 1. The van der Waals surface area contributed by atoms with Gasteiger partial charge >= 0.3 is 0 Å². The molecule has 6 heteroatoms. The first kappa shape index (κ1) is 17.0. The standard InChI is InChI=1S/C16H24N2O3S/c1-12-7-9-15(10-8-12)22(20,21)17-11-16(19)18-13(2)5-4-6-14(18)3/h7-10,13-14,17H,4-6,11H2,1-3H3. The van der Waals surface area contributed by atoms with Crippen LogP contribution >= 0.6 is 0 Å². The molecule has 0 radical (unpaired) electrons. The summed E-state index contributed by atoms with van der Waals surface area (Å²) in [5, 5.41) is 0. The Bertz CT molecular complexity index is 615. The van der Waals surface area contributed by atoms with Crippen LogP contribution in [0.15, 0.2) is 29.2 Å². The Balaban J connectivity index is 2.02. The van der Waals surface area contributed by atoms with Crippen LogP contribution in [0.25, 0.3) is 0 Å². The van der Waals surface area contributed by atoms with Crippen molar-refractivity contribution in [3.63, 3.8) is 0 Å². The van der Waals surface area contributed by atoms with Gasteiger partial charge in [-0.05, 0) is 52.2 Å². The van der Waals surface area contributed by atoms with E-state index in [4.69, 9.17) is 0 Å². The molecule has 0 spiro atoms. The maximum atomic E-state index is 12.4. The molecule has 2 unspecified atom stereocenters. The van der Waals surface area contributed by atoms with Crippen molar-refractivity contribution in [2.45, 2.75) is 57.0 Å². The average Bonchev–Trinajstić information content (AvgIpc) is 2.45. The summed E-state index contributed by atoms with van der Waals surface area (Å²) in [6, 6.07) is 6.92. The number of piperidine rings is 1. The van der Waals surface area contributed by atoms with Gasteiger partial charge in [0.1, 0.15) is 0 Å². The van der Waals surface area contributed by atoms with E-state index < -0.39 is 10.0 Å². The van der Waals surface area contributed by atoms with Crippen LogP contribution in [0.1, 0.15) is 38.7 Å². The molecular formula is C16H24N2O3S. The Morgan fingerprint density at radius 2 is 1.73 bits per heavy atom. The lowest BCUT2D eigenvalue weighted by atomic mass is 9.97. The fourth-order valence-electron chi connectivity index (χ4n) is 2.96. The first-order chi connectivity index (χ1) is 10.3. The molecule has 1 aliphatic rings. The molecule has 122 valence electrons. The Morgan fingerprint density at radius 3 is 2.27 bits per heavy atom. The van der Waals surface area contributed by atoms with Crippen LogP contribution in [0.3, 0.4) is 0 Å². The van der Waals surface area contributed by atoms with Gasteiger partial charge in [0.25, 0.3) is 0 Å². The first-order valence-electron chi connectivity index (χ1n) is 7.69. The van der Waals surface area contributed by atoms with E-state index >= 15 is 0 Å². The summed E-state index contributed by atoms with van der Waals surface area (Å²) in [5.41, 5.74) is 0.992. The van der Waals surface area contributed by atoms with Gasteiger partial charge in [0.2, 0.25) is 15.9 Å². The van der Waals surface area contributed by atoms with Crippen molar-refractivity contribution in [1.82, 2.24) is 9.62 Å². The quantitative estimate of drug-likeness (QED) is 0.922. The molecule has 1 amide bonds. The van der Waals surface area contributed by atoms with E-state index in [1.807, 2.05) is 20.8 Å². The Labute approximate surface area is 132 Å². The fourth-order valence-corrected chi connectivity index (χ4v) is 3.94. The summed E-state index contributed by atoms with van der Waals surface area (Å²) in [4.78, 5) is 14.3. The van der Waals surface area contributed by atoms with Crippen LogP contribution < -0.4 is 4.72 Å². The third kappa shape index (κ3) is 3.87. The molecule has 0 saturated carbocycles. The van der Waals surface area contributed by atoms with E-state index in [2.05, 4.69) is 4.72 Å². The molecule has 1 aromatic carbocycles. The highest BCUT2D eigenvalue weighted by atomic mass is 32.2. The van der Waals surface area contributed by atoms with Crippen molar-refractivity contribution in [1.29, 1.82) is 0 Å². The molecule has 1 aliphatic heterocycles. The minimum atomic E-state index is -3.64. The van der Waals surface area contributed by atoms with Crippen molar-refractivity contribution in [3.05, 3.63) is 29.8 Å². The summed E-state index contributed by atoms with van der Waals surface area (Å²) in [6.45, 7) is 5.74. The zero-order chi connectivity index (χ0) is 16.3. The largest absolute Gasteiger partial charge is 0.336 e. The van der Waals surface area contributed by atoms with E-state index in [-0.39, 0.29) is 29.4 Å². The molecular weight excluding hydrogens is 300 g/mol. The van der Waals surface area contributed by atoms with Gasteiger partial charge in [0.15, 0.2) is 0 Å². The second kappa shape index (κ2) is 6.79. The summed E-state index contributed by atoms with van der Waals surface area (Å²) >= 11 is 0. The third-order valence-corrected chi connectivity index (χ3v) is 5.64. The van der Waals surface area contributed by atoms with Gasteiger partial charge in [-0.3, -0.25) is 4.79 Å². The zero-order valence-electron chi connectivity index (χ0n) is 13.4. The monoisotopic (exact) mass is 324 g/mol. The number of hydrogen-bond acceptors (Lipinski definition) is 3. The Hall–Kier alpha value is -1.40. The van der Waals surface area contributed by atoms with E-state index in [0.717, 1.165) is 24.8 Å². The van der Waals surface area contributed by atoms with Gasteiger partial charge in [-0.15, -0.1) is 0 Å². The molecule has 22 heavy (non-hydrogen) atoms. The van der Waals surface area contributed by atoms with Crippen LogP contribution in [-0.2, 0) is 14.8 Å². The predicted molar refractivity (Wildman–Crippen MR) is 86.0 cm³/mol. The molecule has 0 aliphatic carbocycles. The molecule has 2 rings (SSSR count). The highest BCUT2D eigenvalue weighted by Gasteiger charge is 2.29. The molecule has 1 N–H and O–H groups in total. The smallest absolute Gasteiger partial charge is 0.241 e. The topological polar surface area (TPSA) is 66.5 Å². The number of rotatable bonds is 4. The lowest BCUT2D eigenvalue weighted by molar-refractivity contribution is -0.135. The molecule has 1 heterocycles. The van der Waals surface area contributed by atoms with Crippen LogP contribution in [0, 0.1) is 6.92 Å². The van der Waals surface area contributed by atoms with E-state index in [0.29, 0.717) is 0 Å². The van der Waals surface area contributed by atoms with Crippen LogP contribution in [0.4, 0.5) is 0 Å². The van der Waals surface area contributed by atoms with E-state index in [1.54, 1.807) is 29.2 Å². The van der Waals surface area contributed by atoms with Crippen molar-refractivity contribution >= 4 is 15.9 Å². The second-order valence-corrected chi connectivity index (χ2v) is 7.83. The summed E-state index contributed by atoms with van der Waals surface area (Å²) in [6.07, 6.45) is 3.06. The Morgan fingerprint density at radius 1 is 1.18 bits per heavy atom. The normalized spacial score (nSPS) is 22.6. The highest BCUT2D eigenvalue weighted by molar-refractivity contribution is 7.89. The number of carbonyl (C=O) groups excluding carboxylic acids is 1. The Kier molecular flexibility index (Phi) is 5.24. The summed E-state index contributed by atoms with van der Waals surface area (Å²) in [7, 11) is -3.64. The van der Waals surface area contributed by atoms with Crippen molar-refractivity contribution in [2.24, 2.45) is 0 Å². The number of hydrogen-bond donors (Lipinski definition) is 1. The molecule has 1 saturated heterocycles. The van der Waals surface area contributed by atoms with Gasteiger partial charge in [-0.1, -0.05) is 17.7 Å². The number of amides is 1. The molecule has 1 fully saturated rings. The maximum Gasteiger partial charge on any atom is 0.241 e. The SMILES string of the molecule is Cc1ccc(S(=O)(=O)NCC(=O)N2C(C)CCCC2C)cc1. The second-order valence-electron chi connectivity index (χ2n) is 6.07. The predicted octanol–water partition coefficient (Wildman–Crippen LogP) is 2.06.